The van der Waals surface area contributed by atoms with Crippen LogP contribution >= 0.6 is 0 Å². The molecule has 0 atom stereocenters. The summed E-state index contributed by atoms with van der Waals surface area (Å²) in [6, 6.07) is 7.15. The smallest absolute Gasteiger partial charge is 0.372 e. The molecule has 0 unspecified atom stereocenters. The van der Waals surface area contributed by atoms with E-state index in [4.69, 9.17) is 4.79 Å². The van der Waals surface area contributed by atoms with Crippen molar-refractivity contribution in [2.24, 2.45) is 5.73 Å². The molecule has 2 N–H and O–H groups in total. The van der Waals surface area contributed by atoms with E-state index < -0.39 is 12.1 Å². The molecule has 0 spiro atoms. The highest BCUT2D eigenvalue weighted by molar-refractivity contribution is 5.84. The van der Waals surface area contributed by atoms with Crippen molar-refractivity contribution >= 4 is 17.3 Å². The molecule has 162 valence electrons. The van der Waals surface area contributed by atoms with Gasteiger partial charge in [-0.25, -0.2) is 0 Å². The van der Waals surface area contributed by atoms with Crippen LogP contribution in [0.1, 0.15) is 25.4 Å². The van der Waals surface area contributed by atoms with E-state index in [-0.39, 0.29) is 12.2 Å². The van der Waals surface area contributed by atoms with E-state index in [1.807, 2.05) is 6.07 Å². The number of carbonyl (C=O) groups excluding carboxylic acids is 1. The highest BCUT2D eigenvalue weighted by atomic mass is 19.4. The van der Waals surface area contributed by atoms with Crippen LogP contribution in [0.25, 0.3) is 33.7 Å². The summed E-state index contributed by atoms with van der Waals surface area (Å²) in [4.78, 5) is 20.8. The summed E-state index contributed by atoms with van der Waals surface area (Å²) in [5.74, 6) is -1.53. The molecular weight excluding hydrogens is 413 g/mol. The SMILES string of the molecule is CCc1cc2cc(-c3cc(-c4noc(C(F)(F)F)n4)ccn3)ncc2n1CC.NC=O. The Balaban J connectivity index is 0.000000858. The van der Waals surface area contributed by atoms with Crippen molar-refractivity contribution in [2.75, 3.05) is 0 Å². The predicted octanol–water partition coefficient (Wildman–Crippen LogP) is 3.85. The van der Waals surface area contributed by atoms with Crippen LogP contribution in [-0.4, -0.2) is 31.1 Å². The first kappa shape index (κ1) is 21.9. The summed E-state index contributed by atoms with van der Waals surface area (Å²) in [5, 5.41) is 4.45. The number of nitrogens with two attached hydrogens (primary N) is 1. The van der Waals surface area contributed by atoms with Crippen LogP contribution in [0.2, 0.25) is 0 Å². The zero-order chi connectivity index (χ0) is 22.6. The average molecular weight is 432 g/mol. The number of alkyl halides is 3. The molecule has 8 nitrogen and oxygen atoms in total. The Labute approximate surface area is 174 Å². The zero-order valence-corrected chi connectivity index (χ0v) is 16.7. The second-order valence-corrected chi connectivity index (χ2v) is 6.35. The quantitative estimate of drug-likeness (QED) is 0.490. The topological polar surface area (TPSA) is 113 Å². The van der Waals surface area contributed by atoms with Gasteiger partial charge in [-0.1, -0.05) is 12.1 Å². The van der Waals surface area contributed by atoms with Gasteiger partial charge >= 0.3 is 12.1 Å². The maximum absolute atomic E-state index is 12.7. The summed E-state index contributed by atoms with van der Waals surface area (Å²) in [7, 11) is 0. The minimum atomic E-state index is -4.68. The molecule has 0 aliphatic rings. The summed E-state index contributed by atoms with van der Waals surface area (Å²) >= 11 is 0. The lowest BCUT2D eigenvalue weighted by molar-refractivity contribution is -0.159. The number of hydrogen-bond donors (Lipinski definition) is 1. The lowest BCUT2D eigenvalue weighted by Crippen LogP contribution is -2.04. The maximum atomic E-state index is 12.7. The molecule has 0 aromatic carbocycles. The van der Waals surface area contributed by atoms with Crippen LogP contribution in [0.3, 0.4) is 0 Å². The van der Waals surface area contributed by atoms with Crippen molar-refractivity contribution in [1.82, 2.24) is 24.7 Å². The van der Waals surface area contributed by atoms with Gasteiger partial charge in [0, 0.05) is 29.4 Å². The molecule has 0 aliphatic carbocycles. The molecule has 0 saturated carbocycles. The van der Waals surface area contributed by atoms with Gasteiger partial charge in [-0.05, 0) is 37.6 Å². The molecule has 1 amide bonds. The predicted molar refractivity (Wildman–Crippen MR) is 107 cm³/mol. The first-order valence-corrected chi connectivity index (χ1v) is 9.33. The van der Waals surface area contributed by atoms with Crippen LogP contribution < -0.4 is 5.73 Å². The Morgan fingerprint density at radius 2 is 1.87 bits per heavy atom. The van der Waals surface area contributed by atoms with Crippen LogP contribution in [0.15, 0.2) is 41.2 Å². The first-order chi connectivity index (χ1) is 14.8. The molecule has 4 rings (SSSR count). The number of carbonyl (C=O) groups is 1. The van der Waals surface area contributed by atoms with Crippen molar-refractivity contribution in [3.63, 3.8) is 0 Å². The Morgan fingerprint density at radius 1 is 1.16 bits per heavy atom. The minimum absolute atomic E-state index is 0.151. The molecule has 0 radical (unpaired) electrons. The maximum Gasteiger partial charge on any atom is 0.471 e. The van der Waals surface area contributed by atoms with Gasteiger partial charge in [-0.2, -0.15) is 18.2 Å². The number of nitrogens with zero attached hydrogens (tertiary/aromatic N) is 5. The van der Waals surface area contributed by atoms with Crippen molar-refractivity contribution in [3.05, 3.63) is 48.2 Å². The minimum Gasteiger partial charge on any atom is -0.372 e. The lowest BCUT2D eigenvalue weighted by atomic mass is 10.1. The highest BCUT2D eigenvalue weighted by Gasteiger charge is 2.38. The van der Waals surface area contributed by atoms with E-state index in [1.54, 1.807) is 12.3 Å². The Hall–Kier alpha value is -3.76. The second-order valence-electron chi connectivity index (χ2n) is 6.35. The van der Waals surface area contributed by atoms with Crippen molar-refractivity contribution in [2.45, 2.75) is 33.0 Å². The zero-order valence-electron chi connectivity index (χ0n) is 16.7. The monoisotopic (exact) mass is 432 g/mol. The fourth-order valence-corrected chi connectivity index (χ4v) is 3.19. The number of rotatable bonds is 4. The second kappa shape index (κ2) is 8.94. The van der Waals surface area contributed by atoms with E-state index in [1.165, 1.54) is 18.0 Å². The summed E-state index contributed by atoms with van der Waals surface area (Å²) in [6.07, 6.45) is -0.255. The molecule has 4 aromatic rings. The Kier molecular flexibility index (Phi) is 6.33. The molecule has 0 bridgehead atoms. The fraction of sp³-hybridized carbons (Fsp3) is 0.250. The highest BCUT2D eigenvalue weighted by Crippen LogP contribution is 2.30. The molecule has 0 saturated heterocycles. The number of halogens is 3. The molecule has 4 aromatic heterocycles. The largest absolute Gasteiger partial charge is 0.471 e. The van der Waals surface area contributed by atoms with Gasteiger partial charge in [0.05, 0.1) is 23.1 Å². The van der Waals surface area contributed by atoms with E-state index in [0.29, 0.717) is 17.0 Å². The molecule has 0 aliphatic heterocycles. The first-order valence-electron chi connectivity index (χ1n) is 9.33. The van der Waals surface area contributed by atoms with Crippen LogP contribution in [0.4, 0.5) is 13.2 Å². The Morgan fingerprint density at radius 3 is 2.48 bits per heavy atom. The number of primary amides is 1. The van der Waals surface area contributed by atoms with Gasteiger partial charge < -0.3 is 14.8 Å². The van der Waals surface area contributed by atoms with E-state index >= 15 is 0 Å². The van der Waals surface area contributed by atoms with Gasteiger partial charge in [-0.3, -0.25) is 14.8 Å². The van der Waals surface area contributed by atoms with E-state index in [0.717, 1.165) is 23.9 Å². The van der Waals surface area contributed by atoms with E-state index in [2.05, 4.69) is 54.8 Å². The van der Waals surface area contributed by atoms with E-state index in [9.17, 15) is 13.2 Å². The van der Waals surface area contributed by atoms with Gasteiger partial charge in [-0.15, -0.1) is 0 Å². The standard InChI is InChI=1S/C19H16F3N5O.CH3NO/c1-3-13-7-12-9-15(24-10-16(12)27(13)4-2)14-8-11(5-6-23-14)17-25-18(28-26-17)19(20,21)22;2-1-3/h5-10H,3-4H2,1-2H3;1H,(H2,2,3). The molecule has 31 heavy (non-hydrogen) atoms. The van der Waals surface area contributed by atoms with Crippen LogP contribution in [0.5, 0.6) is 0 Å². The number of aryl methyl sites for hydroxylation is 2. The normalized spacial score (nSPS) is 11.3. The molecule has 4 heterocycles. The summed E-state index contributed by atoms with van der Waals surface area (Å²) < 4.78 is 44.6. The van der Waals surface area contributed by atoms with Gasteiger partial charge in [0.15, 0.2) is 0 Å². The summed E-state index contributed by atoms with van der Waals surface area (Å²) in [6.45, 7) is 5.03. The average Bonchev–Trinajstić information content (AvgIpc) is 3.38. The number of pyridine rings is 2. The van der Waals surface area contributed by atoms with Gasteiger partial charge in [0.1, 0.15) is 0 Å². The third-order valence-corrected chi connectivity index (χ3v) is 4.50. The molecular formula is C20H19F3N6O2. The van der Waals surface area contributed by atoms with Crippen LogP contribution in [-0.2, 0) is 23.9 Å². The number of amides is 1. The lowest BCUT2D eigenvalue weighted by Gasteiger charge is -2.06. The third-order valence-electron chi connectivity index (χ3n) is 4.50. The molecule has 11 heteroatoms. The Bertz CT molecular complexity index is 1200. The number of aromatic nitrogens is 5. The fourth-order valence-electron chi connectivity index (χ4n) is 3.19. The third kappa shape index (κ3) is 4.55. The molecule has 0 fully saturated rings. The van der Waals surface area contributed by atoms with Gasteiger partial charge in [0.2, 0.25) is 12.2 Å². The van der Waals surface area contributed by atoms with Crippen molar-refractivity contribution in [1.29, 1.82) is 0 Å². The van der Waals surface area contributed by atoms with Gasteiger partial charge in [0.25, 0.3) is 0 Å². The number of hydrogen-bond acceptors (Lipinski definition) is 6. The number of fused-ring (bicyclic) bond motifs is 1. The van der Waals surface area contributed by atoms with Crippen molar-refractivity contribution in [3.8, 4) is 22.8 Å². The summed E-state index contributed by atoms with van der Waals surface area (Å²) in [5.41, 5.74) is 7.91. The van der Waals surface area contributed by atoms with Crippen LogP contribution in [0, 0.1) is 0 Å². The van der Waals surface area contributed by atoms with Crippen molar-refractivity contribution < 1.29 is 22.5 Å².